The fraction of sp³-hybridized carbons (Fsp3) is 0.600. The van der Waals surface area contributed by atoms with E-state index in [1.54, 1.807) is 0 Å². The molecule has 0 aliphatic carbocycles. The summed E-state index contributed by atoms with van der Waals surface area (Å²) in [6.45, 7) is 7.23. The van der Waals surface area contributed by atoms with Crippen LogP contribution in [0.15, 0.2) is 18.2 Å². The van der Waals surface area contributed by atoms with Crippen molar-refractivity contribution in [3.63, 3.8) is 0 Å². The smallest absolute Gasteiger partial charge is 0.0747 e. The van der Waals surface area contributed by atoms with Crippen molar-refractivity contribution in [1.29, 1.82) is 0 Å². The van der Waals surface area contributed by atoms with Crippen LogP contribution in [0.5, 0.6) is 0 Å². The predicted molar refractivity (Wildman–Crippen MR) is 74.0 cm³/mol. The number of aryl methyl sites for hydroxylation is 1. The second kappa shape index (κ2) is 6.21. The van der Waals surface area contributed by atoms with Gasteiger partial charge in [0.05, 0.1) is 12.7 Å². The van der Waals surface area contributed by atoms with Crippen LogP contribution in [0.2, 0.25) is 0 Å². The lowest BCUT2D eigenvalue weighted by molar-refractivity contribution is 0.0664. The van der Waals surface area contributed by atoms with E-state index in [1.165, 1.54) is 5.69 Å². The van der Waals surface area contributed by atoms with E-state index in [4.69, 9.17) is 4.74 Å². The van der Waals surface area contributed by atoms with E-state index < -0.39 is 0 Å². The van der Waals surface area contributed by atoms with E-state index in [0.717, 1.165) is 43.7 Å². The van der Waals surface area contributed by atoms with Crippen molar-refractivity contribution in [2.24, 2.45) is 0 Å². The minimum Gasteiger partial charge on any atom is -0.392 e. The SMILES string of the molecule is CCC1CN(c2ccc(CO)c(C)c2)CCCO1. The fourth-order valence-electron chi connectivity index (χ4n) is 2.43. The molecule has 1 aromatic rings. The maximum absolute atomic E-state index is 9.21. The molecule has 3 heteroatoms. The summed E-state index contributed by atoms with van der Waals surface area (Å²) in [5, 5.41) is 9.21. The molecule has 1 aliphatic rings. The van der Waals surface area contributed by atoms with E-state index in [1.807, 2.05) is 6.07 Å². The average molecular weight is 249 g/mol. The van der Waals surface area contributed by atoms with Crippen LogP contribution in [0.4, 0.5) is 5.69 Å². The summed E-state index contributed by atoms with van der Waals surface area (Å²) in [6.07, 6.45) is 2.48. The van der Waals surface area contributed by atoms with E-state index in [2.05, 4.69) is 30.9 Å². The van der Waals surface area contributed by atoms with Crippen molar-refractivity contribution in [2.45, 2.75) is 39.4 Å². The number of hydrogen-bond donors (Lipinski definition) is 1. The first kappa shape index (κ1) is 13.4. The quantitative estimate of drug-likeness (QED) is 0.893. The van der Waals surface area contributed by atoms with E-state index in [0.29, 0.717) is 6.10 Å². The van der Waals surface area contributed by atoms with E-state index in [-0.39, 0.29) is 6.61 Å². The molecule has 18 heavy (non-hydrogen) atoms. The normalized spacial score (nSPS) is 20.8. The van der Waals surface area contributed by atoms with Gasteiger partial charge in [0.1, 0.15) is 0 Å². The molecule has 0 radical (unpaired) electrons. The van der Waals surface area contributed by atoms with Gasteiger partial charge in [0.15, 0.2) is 0 Å². The zero-order valence-corrected chi connectivity index (χ0v) is 11.4. The second-order valence-corrected chi connectivity index (χ2v) is 4.97. The van der Waals surface area contributed by atoms with Crippen molar-refractivity contribution < 1.29 is 9.84 Å². The van der Waals surface area contributed by atoms with Crippen LogP contribution in [0.1, 0.15) is 30.9 Å². The maximum atomic E-state index is 9.21. The van der Waals surface area contributed by atoms with Crippen LogP contribution in [-0.2, 0) is 11.3 Å². The molecule has 0 amide bonds. The van der Waals surface area contributed by atoms with Gasteiger partial charge in [0, 0.05) is 25.4 Å². The number of benzene rings is 1. The molecule has 1 fully saturated rings. The van der Waals surface area contributed by atoms with Crippen LogP contribution in [0, 0.1) is 6.92 Å². The Kier molecular flexibility index (Phi) is 4.61. The van der Waals surface area contributed by atoms with Gasteiger partial charge in [-0.2, -0.15) is 0 Å². The highest BCUT2D eigenvalue weighted by molar-refractivity contribution is 5.51. The Morgan fingerprint density at radius 1 is 1.44 bits per heavy atom. The molecule has 100 valence electrons. The van der Waals surface area contributed by atoms with Gasteiger partial charge in [-0.3, -0.25) is 0 Å². The molecule has 0 aromatic heterocycles. The molecule has 1 unspecified atom stereocenters. The summed E-state index contributed by atoms with van der Waals surface area (Å²) < 4.78 is 5.80. The summed E-state index contributed by atoms with van der Waals surface area (Å²) in [7, 11) is 0. The Morgan fingerprint density at radius 2 is 2.28 bits per heavy atom. The second-order valence-electron chi connectivity index (χ2n) is 4.97. The lowest BCUT2D eigenvalue weighted by Gasteiger charge is -2.26. The average Bonchev–Trinajstić information content (AvgIpc) is 2.64. The monoisotopic (exact) mass is 249 g/mol. The van der Waals surface area contributed by atoms with E-state index >= 15 is 0 Å². The van der Waals surface area contributed by atoms with Crippen molar-refractivity contribution in [1.82, 2.24) is 0 Å². The van der Waals surface area contributed by atoms with Crippen LogP contribution < -0.4 is 4.90 Å². The van der Waals surface area contributed by atoms with Crippen molar-refractivity contribution in [3.05, 3.63) is 29.3 Å². The first-order valence-electron chi connectivity index (χ1n) is 6.81. The van der Waals surface area contributed by atoms with Crippen LogP contribution in [-0.4, -0.2) is 30.9 Å². The fourth-order valence-corrected chi connectivity index (χ4v) is 2.43. The molecule has 2 rings (SSSR count). The largest absolute Gasteiger partial charge is 0.392 e. The molecular formula is C15H23NO2. The first-order chi connectivity index (χ1) is 8.74. The van der Waals surface area contributed by atoms with Gasteiger partial charge in [-0.05, 0) is 43.0 Å². The Bertz CT molecular complexity index is 392. The standard InChI is InChI=1S/C15H23NO2/c1-3-15-10-16(7-4-8-18-15)14-6-5-13(11-17)12(2)9-14/h5-6,9,15,17H,3-4,7-8,10-11H2,1-2H3. The molecule has 0 spiro atoms. The molecule has 0 bridgehead atoms. The zero-order valence-electron chi connectivity index (χ0n) is 11.4. The Morgan fingerprint density at radius 3 is 2.94 bits per heavy atom. The van der Waals surface area contributed by atoms with Crippen LogP contribution >= 0.6 is 0 Å². The lowest BCUT2D eigenvalue weighted by atomic mass is 10.1. The number of anilines is 1. The minimum absolute atomic E-state index is 0.118. The Labute approximate surface area is 109 Å². The maximum Gasteiger partial charge on any atom is 0.0747 e. The highest BCUT2D eigenvalue weighted by Gasteiger charge is 2.17. The topological polar surface area (TPSA) is 32.7 Å². The number of ether oxygens (including phenoxy) is 1. The van der Waals surface area contributed by atoms with Crippen LogP contribution in [0.25, 0.3) is 0 Å². The first-order valence-corrected chi connectivity index (χ1v) is 6.81. The third-order valence-corrected chi connectivity index (χ3v) is 3.67. The van der Waals surface area contributed by atoms with E-state index in [9.17, 15) is 5.11 Å². The Hall–Kier alpha value is -1.06. The molecule has 1 atom stereocenters. The highest BCUT2D eigenvalue weighted by Crippen LogP contribution is 2.22. The van der Waals surface area contributed by atoms with Crippen molar-refractivity contribution >= 4 is 5.69 Å². The van der Waals surface area contributed by atoms with Crippen LogP contribution in [0.3, 0.4) is 0 Å². The number of hydrogen-bond acceptors (Lipinski definition) is 3. The van der Waals surface area contributed by atoms with Gasteiger partial charge in [-0.25, -0.2) is 0 Å². The summed E-state index contributed by atoms with van der Waals surface area (Å²) in [4.78, 5) is 2.40. The highest BCUT2D eigenvalue weighted by atomic mass is 16.5. The summed E-state index contributed by atoms with van der Waals surface area (Å²) in [5.41, 5.74) is 3.42. The van der Waals surface area contributed by atoms with Crippen molar-refractivity contribution in [3.8, 4) is 0 Å². The summed E-state index contributed by atoms with van der Waals surface area (Å²) in [6, 6.07) is 6.30. The van der Waals surface area contributed by atoms with Gasteiger partial charge >= 0.3 is 0 Å². The van der Waals surface area contributed by atoms with Gasteiger partial charge in [-0.15, -0.1) is 0 Å². The zero-order chi connectivity index (χ0) is 13.0. The molecular weight excluding hydrogens is 226 g/mol. The third kappa shape index (κ3) is 3.03. The van der Waals surface area contributed by atoms with Gasteiger partial charge in [-0.1, -0.05) is 13.0 Å². The molecule has 0 saturated carbocycles. The van der Waals surface area contributed by atoms with Gasteiger partial charge in [0.2, 0.25) is 0 Å². The molecule has 1 N–H and O–H groups in total. The molecule has 1 aromatic carbocycles. The lowest BCUT2D eigenvalue weighted by Crippen LogP contribution is -2.31. The van der Waals surface area contributed by atoms with Crippen molar-refractivity contribution in [2.75, 3.05) is 24.6 Å². The number of aliphatic hydroxyl groups is 1. The number of nitrogens with zero attached hydrogens (tertiary/aromatic N) is 1. The predicted octanol–water partition coefficient (Wildman–Crippen LogP) is 2.49. The summed E-state index contributed by atoms with van der Waals surface area (Å²) in [5.74, 6) is 0. The Balaban J connectivity index is 2.16. The third-order valence-electron chi connectivity index (χ3n) is 3.67. The minimum atomic E-state index is 0.118. The summed E-state index contributed by atoms with van der Waals surface area (Å²) >= 11 is 0. The van der Waals surface area contributed by atoms with Gasteiger partial charge in [0.25, 0.3) is 0 Å². The molecule has 3 nitrogen and oxygen atoms in total. The number of rotatable bonds is 3. The number of aliphatic hydroxyl groups excluding tert-OH is 1. The molecule has 1 saturated heterocycles. The molecule has 1 heterocycles. The molecule has 1 aliphatic heterocycles. The van der Waals surface area contributed by atoms with Gasteiger partial charge < -0.3 is 14.7 Å².